The molecule has 1 saturated carbocycles. The van der Waals surface area contributed by atoms with E-state index >= 15 is 0 Å². The van der Waals surface area contributed by atoms with Gasteiger partial charge in [0, 0.05) is 24.5 Å². The van der Waals surface area contributed by atoms with E-state index in [1.807, 2.05) is 49.7 Å². The van der Waals surface area contributed by atoms with Crippen LogP contribution in [0, 0.1) is 0 Å². The number of hydrogen-bond donors (Lipinski definition) is 2. The van der Waals surface area contributed by atoms with Gasteiger partial charge in [-0.25, -0.2) is 0 Å². The Morgan fingerprint density at radius 2 is 1.68 bits per heavy atom. The van der Waals surface area contributed by atoms with Gasteiger partial charge in [0.15, 0.2) is 5.69 Å². The van der Waals surface area contributed by atoms with Crippen molar-refractivity contribution in [2.75, 3.05) is 33.9 Å². The predicted octanol–water partition coefficient (Wildman–Crippen LogP) is 4.96. The molecule has 4 rings (SSSR count). The molecule has 2 aromatic rings. The third-order valence-electron chi connectivity index (χ3n) is 7.85. The average Bonchev–Trinajstić information content (AvgIpc) is 3.61. The number of hydrogen-bond acceptors (Lipinski definition) is 6. The molecule has 2 aliphatic rings. The molecule has 0 bridgehead atoms. The van der Waals surface area contributed by atoms with E-state index < -0.39 is 0 Å². The van der Waals surface area contributed by atoms with Crippen molar-refractivity contribution < 1.29 is 19.1 Å². The van der Waals surface area contributed by atoms with Crippen LogP contribution < -0.4 is 20.1 Å². The summed E-state index contributed by atoms with van der Waals surface area (Å²) in [5, 5.41) is 11.1. The van der Waals surface area contributed by atoms with Crippen molar-refractivity contribution in [1.82, 2.24) is 25.3 Å². The molecule has 40 heavy (non-hydrogen) atoms. The monoisotopic (exact) mass is 553 g/mol. The second-order valence-corrected chi connectivity index (χ2v) is 12.2. The Hall–Kier alpha value is -3.07. The molecule has 2 N–H and O–H groups in total. The fourth-order valence-electron chi connectivity index (χ4n) is 5.92. The highest BCUT2D eigenvalue weighted by atomic mass is 16.5. The van der Waals surface area contributed by atoms with Crippen molar-refractivity contribution in [2.24, 2.45) is 0 Å². The molecule has 1 atom stereocenters. The summed E-state index contributed by atoms with van der Waals surface area (Å²) < 4.78 is 13.4. The predicted molar refractivity (Wildman–Crippen MR) is 157 cm³/mol. The number of carbonyl (C=O) groups is 2. The number of piperidine rings is 1. The number of nitrogens with one attached hydrogen (secondary N) is 2. The van der Waals surface area contributed by atoms with E-state index in [-0.39, 0.29) is 35.9 Å². The van der Waals surface area contributed by atoms with Gasteiger partial charge in [-0.2, -0.15) is 5.10 Å². The van der Waals surface area contributed by atoms with Crippen molar-refractivity contribution in [3.05, 3.63) is 30.0 Å². The van der Waals surface area contributed by atoms with Crippen LogP contribution in [0.2, 0.25) is 0 Å². The molecule has 1 aromatic heterocycles. The molecule has 220 valence electrons. The van der Waals surface area contributed by atoms with Crippen LogP contribution in [0.4, 0.5) is 0 Å². The Labute approximate surface area is 239 Å². The highest BCUT2D eigenvalue weighted by molar-refractivity contribution is 5.94. The van der Waals surface area contributed by atoms with Crippen LogP contribution in [-0.4, -0.2) is 71.9 Å². The molecular formula is C31H47N5O4. The molecule has 0 radical (unpaired) electrons. The molecule has 1 aliphatic heterocycles. The first kappa shape index (κ1) is 29.9. The molecule has 1 saturated heterocycles. The van der Waals surface area contributed by atoms with E-state index in [0.717, 1.165) is 56.6 Å². The molecule has 9 nitrogen and oxygen atoms in total. The lowest BCUT2D eigenvalue weighted by molar-refractivity contribution is -0.123. The normalized spacial score (nSPS) is 17.4. The van der Waals surface area contributed by atoms with Crippen molar-refractivity contribution in [3.63, 3.8) is 0 Å². The molecule has 0 spiro atoms. The summed E-state index contributed by atoms with van der Waals surface area (Å²) >= 11 is 0. The minimum absolute atomic E-state index is 0.0626. The van der Waals surface area contributed by atoms with Gasteiger partial charge in [-0.15, -0.1) is 0 Å². The number of carbonyl (C=O) groups excluding carboxylic acids is 2. The molecule has 1 unspecified atom stereocenters. The summed E-state index contributed by atoms with van der Waals surface area (Å²) in [5.41, 5.74) is 1.61. The van der Waals surface area contributed by atoms with Crippen LogP contribution in [0.1, 0.15) is 95.1 Å². The van der Waals surface area contributed by atoms with Gasteiger partial charge < -0.3 is 25.0 Å². The van der Waals surface area contributed by atoms with E-state index in [0.29, 0.717) is 23.6 Å². The Bertz CT molecular complexity index is 1120. The minimum Gasteiger partial charge on any atom is -0.496 e. The summed E-state index contributed by atoms with van der Waals surface area (Å²) in [4.78, 5) is 29.0. The van der Waals surface area contributed by atoms with Crippen molar-refractivity contribution in [3.8, 4) is 22.8 Å². The maximum Gasteiger partial charge on any atom is 0.272 e. The molecule has 1 aromatic carbocycles. The van der Waals surface area contributed by atoms with E-state index in [4.69, 9.17) is 14.6 Å². The standard InChI is InChI=1S/C31H47N5O4/c1-31(2,3)33-28(37)20-22(16-19-35-17-9-6-10-18-35)32-30(38)24-21-25(36(34-24)23-12-7-8-13-23)29-26(39-4)14-11-15-27(29)40-5/h11,14-15,21-23H,6-10,12-13,16-20H2,1-5H3,(H,32,38)(H,33,37). The first-order valence-electron chi connectivity index (χ1n) is 14.8. The fraction of sp³-hybridized carbons (Fsp3) is 0.645. The number of nitrogens with zero attached hydrogens (tertiary/aromatic N) is 3. The minimum atomic E-state index is -0.332. The summed E-state index contributed by atoms with van der Waals surface area (Å²) in [6.07, 6.45) is 8.91. The van der Waals surface area contributed by atoms with Gasteiger partial charge in [0.05, 0.1) is 31.5 Å². The largest absolute Gasteiger partial charge is 0.496 e. The quantitative estimate of drug-likeness (QED) is 0.408. The summed E-state index contributed by atoms with van der Waals surface area (Å²) in [5.74, 6) is 1.01. The SMILES string of the molecule is COc1cccc(OC)c1-c1cc(C(=O)NC(CCN2CCCCC2)CC(=O)NC(C)(C)C)nn1C1CCCC1. The topological polar surface area (TPSA) is 97.7 Å². The smallest absolute Gasteiger partial charge is 0.272 e. The lowest BCUT2D eigenvalue weighted by Crippen LogP contribution is -2.46. The maximum atomic E-state index is 13.7. The van der Waals surface area contributed by atoms with Gasteiger partial charge >= 0.3 is 0 Å². The number of amides is 2. The average molecular weight is 554 g/mol. The number of aromatic nitrogens is 2. The lowest BCUT2D eigenvalue weighted by Gasteiger charge is -2.29. The number of likely N-dealkylation sites (tertiary alicyclic amines) is 1. The zero-order chi connectivity index (χ0) is 28.7. The lowest BCUT2D eigenvalue weighted by atomic mass is 10.0. The third kappa shape index (κ3) is 7.77. The molecular weight excluding hydrogens is 506 g/mol. The van der Waals surface area contributed by atoms with Gasteiger partial charge in [0.2, 0.25) is 5.91 Å². The Morgan fingerprint density at radius 1 is 1.02 bits per heavy atom. The zero-order valence-corrected chi connectivity index (χ0v) is 24.9. The summed E-state index contributed by atoms with van der Waals surface area (Å²) in [6.45, 7) is 8.91. The second-order valence-electron chi connectivity index (χ2n) is 12.2. The van der Waals surface area contributed by atoms with Crippen LogP contribution >= 0.6 is 0 Å². The van der Waals surface area contributed by atoms with Crippen LogP contribution in [0.25, 0.3) is 11.3 Å². The first-order chi connectivity index (χ1) is 19.2. The Kier molecular flexibility index (Phi) is 10.1. The van der Waals surface area contributed by atoms with Gasteiger partial charge in [-0.3, -0.25) is 14.3 Å². The maximum absolute atomic E-state index is 13.7. The molecule has 9 heteroatoms. The first-order valence-corrected chi connectivity index (χ1v) is 14.8. The van der Waals surface area contributed by atoms with Crippen LogP contribution in [0.5, 0.6) is 11.5 Å². The van der Waals surface area contributed by atoms with Crippen molar-refractivity contribution in [1.29, 1.82) is 0 Å². The highest BCUT2D eigenvalue weighted by Gasteiger charge is 2.28. The summed E-state index contributed by atoms with van der Waals surface area (Å²) in [7, 11) is 3.27. The number of rotatable bonds is 11. The molecule has 1 aliphatic carbocycles. The number of methoxy groups -OCH3 is 2. The van der Waals surface area contributed by atoms with E-state index in [1.54, 1.807) is 14.2 Å². The van der Waals surface area contributed by atoms with Crippen molar-refractivity contribution in [2.45, 2.75) is 96.2 Å². The van der Waals surface area contributed by atoms with Gasteiger partial charge in [0.25, 0.3) is 5.91 Å². The van der Waals surface area contributed by atoms with Crippen LogP contribution in [-0.2, 0) is 4.79 Å². The van der Waals surface area contributed by atoms with Crippen molar-refractivity contribution >= 4 is 11.8 Å². The Balaban J connectivity index is 1.60. The zero-order valence-electron chi connectivity index (χ0n) is 24.9. The van der Waals surface area contributed by atoms with E-state index in [9.17, 15) is 9.59 Å². The second kappa shape index (κ2) is 13.5. The fourth-order valence-corrected chi connectivity index (χ4v) is 5.92. The van der Waals surface area contributed by atoms with E-state index in [2.05, 4.69) is 15.5 Å². The van der Waals surface area contributed by atoms with Crippen LogP contribution in [0.15, 0.2) is 24.3 Å². The van der Waals surface area contributed by atoms with E-state index in [1.165, 1.54) is 19.3 Å². The molecule has 2 heterocycles. The molecule has 2 amide bonds. The highest BCUT2D eigenvalue weighted by Crippen LogP contribution is 2.41. The van der Waals surface area contributed by atoms with Crippen LogP contribution in [0.3, 0.4) is 0 Å². The number of benzene rings is 1. The summed E-state index contributed by atoms with van der Waals surface area (Å²) in [6, 6.07) is 7.43. The third-order valence-corrected chi connectivity index (χ3v) is 7.85. The van der Waals surface area contributed by atoms with Gasteiger partial charge in [0.1, 0.15) is 11.5 Å². The van der Waals surface area contributed by atoms with Gasteiger partial charge in [-0.1, -0.05) is 25.3 Å². The Morgan fingerprint density at radius 3 is 2.27 bits per heavy atom. The number of ether oxygens (including phenoxy) is 2. The van der Waals surface area contributed by atoms with Gasteiger partial charge in [-0.05, 0) is 84.2 Å². The molecule has 2 fully saturated rings.